The lowest BCUT2D eigenvalue weighted by molar-refractivity contribution is -0.139. The van der Waals surface area contributed by atoms with Crippen molar-refractivity contribution in [3.05, 3.63) is 99.1 Å². The number of carbonyl (C=O) groups is 2. The molecular weight excluding hydrogens is 388 g/mol. The molecular formula is C22H16N2O4S. The number of carboxylic acids is 1. The standard InChI is InChI=1S/C22H16N2O4S/c25-20(23-19(22(27)28)18-6-3-13-29-18)15-7-9-16(10-8-15)24-12-11-14-4-1-2-5-17(14)21(24)26/h1-13,19H,(H,23,25)(H,27,28). The Morgan fingerprint density at radius 3 is 2.41 bits per heavy atom. The van der Waals surface area contributed by atoms with Gasteiger partial charge in [-0.15, -0.1) is 11.3 Å². The van der Waals surface area contributed by atoms with Gasteiger partial charge in [-0.3, -0.25) is 14.2 Å². The smallest absolute Gasteiger partial charge is 0.331 e. The number of carboxylic acid groups (broad SMARTS) is 1. The quantitative estimate of drug-likeness (QED) is 0.532. The third kappa shape index (κ3) is 3.68. The van der Waals surface area contributed by atoms with Gasteiger partial charge in [0.25, 0.3) is 11.5 Å². The van der Waals surface area contributed by atoms with Crippen LogP contribution in [-0.4, -0.2) is 21.6 Å². The summed E-state index contributed by atoms with van der Waals surface area (Å²) in [5, 5.41) is 15.2. The lowest BCUT2D eigenvalue weighted by Gasteiger charge is -2.13. The molecule has 0 saturated heterocycles. The lowest BCUT2D eigenvalue weighted by Crippen LogP contribution is -2.33. The SMILES string of the molecule is O=C(NC(C(=O)O)c1cccs1)c1ccc(-n2ccc3ccccc3c2=O)cc1. The molecule has 2 N–H and O–H groups in total. The predicted octanol–water partition coefficient (Wildman–Crippen LogP) is 3.61. The first-order valence-electron chi connectivity index (χ1n) is 8.82. The van der Waals surface area contributed by atoms with Crippen molar-refractivity contribution in [3.8, 4) is 5.69 Å². The molecule has 0 fully saturated rings. The van der Waals surface area contributed by atoms with E-state index < -0.39 is 17.9 Å². The summed E-state index contributed by atoms with van der Waals surface area (Å²) in [6, 6.07) is 17.9. The van der Waals surface area contributed by atoms with Gasteiger partial charge in [0.15, 0.2) is 6.04 Å². The Bertz CT molecular complexity index is 1240. The summed E-state index contributed by atoms with van der Waals surface area (Å²) in [5.41, 5.74) is 0.777. The molecule has 0 radical (unpaired) electrons. The number of hydrogen-bond acceptors (Lipinski definition) is 4. The number of thiophene rings is 1. The molecule has 0 saturated carbocycles. The summed E-state index contributed by atoms with van der Waals surface area (Å²) in [6.45, 7) is 0. The minimum Gasteiger partial charge on any atom is -0.479 e. The summed E-state index contributed by atoms with van der Waals surface area (Å²) >= 11 is 1.27. The van der Waals surface area contributed by atoms with Crippen LogP contribution in [0.15, 0.2) is 83.1 Å². The molecule has 0 bridgehead atoms. The Hall–Kier alpha value is -3.71. The summed E-state index contributed by atoms with van der Waals surface area (Å²) in [5.74, 6) is -1.62. The maximum Gasteiger partial charge on any atom is 0.331 e. The van der Waals surface area contributed by atoms with Crippen molar-refractivity contribution >= 4 is 34.0 Å². The molecule has 29 heavy (non-hydrogen) atoms. The molecule has 0 spiro atoms. The number of fused-ring (bicyclic) bond motifs is 1. The van der Waals surface area contributed by atoms with Crippen LogP contribution in [0.3, 0.4) is 0 Å². The Morgan fingerprint density at radius 2 is 1.72 bits per heavy atom. The van der Waals surface area contributed by atoms with Crippen molar-refractivity contribution in [2.45, 2.75) is 6.04 Å². The fourth-order valence-electron chi connectivity index (χ4n) is 3.09. The number of nitrogens with zero attached hydrogens (tertiary/aromatic N) is 1. The van der Waals surface area contributed by atoms with Gasteiger partial charge in [-0.1, -0.05) is 24.3 Å². The van der Waals surface area contributed by atoms with E-state index in [2.05, 4.69) is 5.32 Å². The Labute approximate surface area is 169 Å². The maximum absolute atomic E-state index is 12.7. The molecule has 2 aromatic carbocycles. The van der Waals surface area contributed by atoms with Crippen LogP contribution in [0, 0.1) is 0 Å². The molecule has 1 unspecified atom stereocenters. The first-order valence-corrected chi connectivity index (χ1v) is 9.70. The molecule has 0 aliphatic heterocycles. The second-order valence-corrected chi connectivity index (χ2v) is 7.36. The van der Waals surface area contributed by atoms with Gasteiger partial charge in [0.1, 0.15) is 0 Å². The average molecular weight is 404 g/mol. The molecule has 1 atom stereocenters. The molecule has 7 heteroatoms. The number of hydrogen-bond donors (Lipinski definition) is 2. The van der Waals surface area contributed by atoms with Gasteiger partial charge in [0.05, 0.1) is 0 Å². The maximum atomic E-state index is 12.7. The highest BCUT2D eigenvalue weighted by Gasteiger charge is 2.23. The number of nitrogens with one attached hydrogen (secondary N) is 1. The predicted molar refractivity (Wildman–Crippen MR) is 112 cm³/mol. The van der Waals surface area contributed by atoms with Gasteiger partial charge in [-0.25, -0.2) is 4.79 Å². The van der Waals surface area contributed by atoms with E-state index in [-0.39, 0.29) is 5.56 Å². The van der Waals surface area contributed by atoms with Gasteiger partial charge >= 0.3 is 5.97 Å². The van der Waals surface area contributed by atoms with Gasteiger partial charge < -0.3 is 10.4 Å². The number of aromatic nitrogens is 1. The zero-order chi connectivity index (χ0) is 20.4. The van der Waals surface area contributed by atoms with Crippen molar-refractivity contribution in [3.63, 3.8) is 0 Å². The number of benzene rings is 2. The summed E-state index contributed by atoms with van der Waals surface area (Å²) < 4.78 is 1.51. The number of pyridine rings is 1. The van der Waals surface area contributed by atoms with E-state index in [0.717, 1.165) is 5.39 Å². The molecule has 2 heterocycles. The zero-order valence-electron chi connectivity index (χ0n) is 15.1. The van der Waals surface area contributed by atoms with Crippen LogP contribution in [0.25, 0.3) is 16.5 Å². The van der Waals surface area contributed by atoms with Crippen LogP contribution in [0.5, 0.6) is 0 Å². The van der Waals surface area contributed by atoms with Gasteiger partial charge in [0.2, 0.25) is 0 Å². The molecule has 0 aliphatic rings. The van der Waals surface area contributed by atoms with E-state index in [1.165, 1.54) is 15.9 Å². The van der Waals surface area contributed by atoms with Crippen LogP contribution in [0.4, 0.5) is 0 Å². The highest BCUT2D eigenvalue weighted by molar-refractivity contribution is 7.10. The van der Waals surface area contributed by atoms with E-state index in [9.17, 15) is 19.5 Å². The van der Waals surface area contributed by atoms with E-state index in [1.807, 2.05) is 24.3 Å². The molecule has 144 valence electrons. The normalized spacial score (nSPS) is 11.9. The van der Waals surface area contributed by atoms with Crippen LogP contribution in [-0.2, 0) is 4.79 Å². The van der Waals surface area contributed by atoms with Crippen molar-refractivity contribution in [1.29, 1.82) is 0 Å². The molecule has 4 rings (SSSR count). The van der Waals surface area contributed by atoms with Crippen LogP contribution < -0.4 is 10.9 Å². The van der Waals surface area contributed by atoms with Gasteiger partial charge in [0, 0.05) is 27.7 Å². The van der Waals surface area contributed by atoms with Crippen LogP contribution >= 0.6 is 11.3 Å². The summed E-state index contributed by atoms with van der Waals surface area (Å²) in [6.07, 6.45) is 1.69. The Balaban J connectivity index is 1.59. The number of carbonyl (C=O) groups excluding carboxylic acids is 1. The monoisotopic (exact) mass is 404 g/mol. The molecule has 2 aromatic heterocycles. The van der Waals surface area contributed by atoms with Crippen LogP contribution in [0.2, 0.25) is 0 Å². The topological polar surface area (TPSA) is 88.4 Å². The van der Waals surface area contributed by atoms with Crippen molar-refractivity contribution < 1.29 is 14.7 Å². The highest BCUT2D eigenvalue weighted by atomic mass is 32.1. The van der Waals surface area contributed by atoms with Crippen molar-refractivity contribution in [2.75, 3.05) is 0 Å². The second kappa shape index (κ2) is 7.73. The number of rotatable bonds is 5. The van der Waals surface area contributed by atoms with E-state index in [1.54, 1.807) is 54.0 Å². The molecule has 0 aliphatic carbocycles. The highest BCUT2D eigenvalue weighted by Crippen LogP contribution is 2.20. The average Bonchev–Trinajstić information content (AvgIpc) is 3.27. The Morgan fingerprint density at radius 1 is 0.966 bits per heavy atom. The van der Waals surface area contributed by atoms with E-state index in [0.29, 0.717) is 21.5 Å². The molecule has 4 aromatic rings. The number of aliphatic carboxylic acids is 1. The van der Waals surface area contributed by atoms with Gasteiger partial charge in [-0.05, 0) is 53.2 Å². The first kappa shape index (κ1) is 18.6. The van der Waals surface area contributed by atoms with Gasteiger partial charge in [-0.2, -0.15) is 0 Å². The molecule has 6 nitrogen and oxygen atoms in total. The summed E-state index contributed by atoms with van der Waals surface area (Å²) in [7, 11) is 0. The second-order valence-electron chi connectivity index (χ2n) is 6.39. The first-order chi connectivity index (χ1) is 14.0. The minimum absolute atomic E-state index is 0.149. The largest absolute Gasteiger partial charge is 0.479 e. The third-order valence-electron chi connectivity index (χ3n) is 4.57. The third-order valence-corrected chi connectivity index (χ3v) is 5.51. The zero-order valence-corrected chi connectivity index (χ0v) is 15.9. The minimum atomic E-state index is -1.12. The van der Waals surface area contributed by atoms with Crippen molar-refractivity contribution in [1.82, 2.24) is 9.88 Å². The summed E-state index contributed by atoms with van der Waals surface area (Å²) in [4.78, 5) is 37.3. The lowest BCUT2D eigenvalue weighted by atomic mass is 10.1. The fourth-order valence-corrected chi connectivity index (χ4v) is 3.86. The van der Waals surface area contributed by atoms with E-state index in [4.69, 9.17) is 0 Å². The molecule has 1 amide bonds. The van der Waals surface area contributed by atoms with E-state index >= 15 is 0 Å². The van der Waals surface area contributed by atoms with Crippen LogP contribution in [0.1, 0.15) is 21.3 Å². The number of amides is 1. The Kier molecular flexibility index (Phi) is 4.97. The fraction of sp³-hybridized carbons (Fsp3) is 0.0455. The van der Waals surface area contributed by atoms with Crippen molar-refractivity contribution in [2.24, 2.45) is 0 Å².